The second-order valence-electron chi connectivity index (χ2n) is 7.24. The molecule has 0 bridgehead atoms. The first-order chi connectivity index (χ1) is 14.8. The fourth-order valence-corrected chi connectivity index (χ4v) is 4.28. The Kier molecular flexibility index (Phi) is 7.48. The molecule has 0 spiro atoms. The lowest BCUT2D eigenvalue weighted by Crippen LogP contribution is -2.25. The fraction of sp³-hybridized carbons (Fsp3) is 0.273. The molecule has 0 unspecified atom stereocenters. The van der Waals surface area contributed by atoms with Crippen LogP contribution in [-0.2, 0) is 14.8 Å². The van der Waals surface area contributed by atoms with Gasteiger partial charge in [0, 0.05) is 24.4 Å². The molecular weight excluding hydrogens is 438 g/mol. The average Bonchev–Trinajstić information content (AvgIpc) is 3.54. The number of rotatable bonds is 9. The number of carbonyl (C=O) groups excluding carboxylic acids is 2. The van der Waals surface area contributed by atoms with Crippen LogP contribution in [0.1, 0.15) is 42.1 Å². The first-order valence-corrected chi connectivity index (χ1v) is 11.8. The van der Waals surface area contributed by atoms with E-state index >= 15 is 0 Å². The molecule has 0 heterocycles. The zero-order chi connectivity index (χ0) is 22.4. The van der Waals surface area contributed by atoms with Crippen molar-refractivity contribution in [3.8, 4) is 0 Å². The van der Waals surface area contributed by atoms with Crippen molar-refractivity contribution in [1.82, 2.24) is 10.0 Å². The van der Waals surface area contributed by atoms with E-state index in [4.69, 9.17) is 11.6 Å². The van der Waals surface area contributed by atoms with Crippen LogP contribution in [0.4, 0.5) is 5.69 Å². The van der Waals surface area contributed by atoms with Gasteiger partial charge in [-0.3, -0.25) is 9.59 Å². The van der Waals surface area contributed by atoms with Gasteiger partial charge in [-0.1, -0.05) is 30.7 Å². The zero-order valence-corrected chi connectivity index (χ0v) is 18.6. The molecule has 0 aromatic heterocycles. The molecule has 164 valence electrons. The first-order valence-electron chi connectivity index (χ1n) is 9.97. The van der Waals surface area contributed by atoms with E-state index in [1.807, 2.05) is 6.92 Å². The molecule has 1 aliphatic carbocycles. The quantitative estimate of drug-likeness (QED) is 0.496. The Morgan fingerprint density at radius 3 is 2.45 bits per heavy atom. The molecule has 7 nitrogen and oxygen atoms in total. The summed E-state index contributed by atoms with van der Waals surface area (Å²) in [6, 6.07) is 11.0. The van der Waals surface area contributed by atoms with Crippen molar-refractivity contribution in [2.75, 3.05) is 11.9 Å². The van der Waals surface area contributed by atoms with Crippen molar-refractivity contribution in [2.24, 2.45) is 0 Å². The third-order valence-electron chi connectivity index (χ3n) is 4.53. The van der Waals surface area contributed by atoms with Crippen LogP contribution in [0.2, 0.25) is 5.02 Å². The molecule has 31 heavy (non-hydrogen) atoms. The van der Waals surface area contributed by atoms with Gasteiger partial charge in [0.1, 0.15) is 0 Å². The number of sulfonamides is 1. The summed E-state index contributed by atoms with van der Waals surface area (Å²) in [5.74, 6) is -0.645. The number of nitrogens with one attached hydrogen (secondary N) is 3. The van der Waals surface area contributed by atoms with Crippen LogP contribution in [0.3, 0.4) is 0 Å². The SMILES string of the molecule is CCCNC(=O)c1ccc(NC(=O)C=Cc2ccc(S(=O)(=O)NC3CC3)cc2)cc1Cl. The lowest BCUT2D eigenvalue weighted by atomic mass is 10.2. The number of anilines is 1. The minimum absolute atomic E-state index is 0.0431. The lowest BCUT2D eigenvalue weighted by molar-refractivity contribution is -0.111. The highest BCUT2D eigenvalue weighted by Gasteiger charge is 2.27. The van der Waals surface area contributed by atoms with Gasteiger partial charge >= 0.3 is 0 Å². The van der Waals surface area contributed by atoms with Gasteiger partial charge in [0.2, 0.25) is 15.9 Å². The number of halogens is 1. The summed E-state index contributed by atoms with van der Waals surface area (Å²) in [5, 5.41) is 5.67. The van der Waals surface area contributed by atoms with Crippen LogP contribution < -0.4 is 15.4 Å². The molecule has 1 saturated carbocycles. The Bertz CT molecular complexity index is 1090. The normalized spacial score (nSPS) is 13.9. The topological polar surface area (TPSA) is 104 Å². The van der Waals surface area contributed by atoms with E-state index in [2.05, 4.69) is 15.4 Å². The molecule has 3 rings (SSSR count). The molecular formula is C22H24ClN3O4S. The highest BCUT2D eigenvalue weighted by atomic mass is 35.5. The largest absolute Gasteiger partial charge is 0.352 e. The number of amides is 2. The van der Waals surface area contributed by atoms with E-state index in [1.54, 1.807) is 30.3 Å². The molecule has 0 radical (unpaired) electrons. The van der Waals surface area contributed by atoms with E-state index < -0.39 is 10.0 Å². The molecule has 2 aromatic carbocycles. The highest BCUT2D eigenvalue weighted by Crippen LogP contribution is 2.23. The van der Waals surface area contributed by atoms with Gasteiger partial charge < -0.3 is 10.6 Å². The van der Waals surface area contributed by atoms with E-state index in [9.17, 15) is 18.0 Å². The summed E-state index contributed by atoms with van der Waals surface area (Å²) in [4.78, 5) is 24.4. The fourth-order valence-electron chi connectivity index (χ4n) is 2.71. The Balaban J connectivity index is 1.59. The Morgan fingerprint density at radius 1 is 1.13 bits per heavy atom. The molecule has 2 aromatic rings. The first kappa shape index (κ1) is 23.0. The van der Waals surface area contributed by atoms with Crippen LogP contribution in [0.5, 0.6) is 0 Å². The summed E-state index contributed by atoms with van der Waals surface area (Å²) in [5.41, 5.74) is 1.48. The molecule has 3 N–H and O–H groups in total. The van der Waals surface area contributed by atoms with Gasteiger partial charge in [0.15, 0.2) is 0 Å². The zero-order valence-electron chi connectivity index (χ0n) is 17.0. The summed E-state index contributed by atoms with van der Waals surface area (Å²) >= 11 is 6.16. The van der Waals surface area contributed by atoms with Crippen LogP contribution in [0.25, 0.3) is 6.08 Å². The molecule has 0 aliphatic heterocycles. The predicted molar refractivity (Wildman–Crippen MR) is 122 cm³/mol. The lowest BCUT2D eigenvalue weighted by Gasteiger charge is -2.08. The molecule has 1 aliphatic rings. The van der Waals surface area contributed by atoms with Crippen molar-refractivity contribution in [2.45, 2.75) is 37.1 Å². The number of hydrogen-bond acceptors (Lipinski definition) is 4. The van der Waals surface area contributed by atoms with E-state index in [1.165, 1.54) is 24.3 Å². The highest BCUT2D eigenvalue weighted by molar-refractivity contribution is 7.89. The van der Waals surface area contributed by atoms with E-state index in [0.29, 0.717) is 23.4 Å². The van der Waals surface area contributed by atoms with Crippen LogP contribution >= 0.6 is 11.6 Å². The minimum atomic E-state index is -3.50. The molecule has 2 amide bonds. The summed E-state index contributed by atoms with van der Waals surface area (Å²) in [7, 11) is -3.50. The standard InChI is InChI=1S/C22H24ClN3O4S/c1-2-13-24-22(28)19-11-8-17(14-20(19)23)25-21(27)12-5-15-3-9-18(10-4-15)31(29,30)26-16-6-7-16/h3-5,8-12,14,16,26H,2,6-7,13H2,1H3,(H,24,28)(H,25,27). The Morgan fingerprint density at radius 2 is 1.84 bits per heavy atom. The van der Waals surface area contributed by atoms with Gasteiger partial charge in [-0.05, 0) is 61.2 Å². The van der Waals surface area contributed by atoms with Gasteiger partial charge in [-0.25, -0.2) is 13.1 Å². The Labute approximate surface area is 186 Å². The summed E-state index contributed by atoms with van der Waals surface area (Å²) in [6.45, 7) is 2.51. The van der Waals surface area contributed by atoms with Crippen molar-refractivity contribution in [1.29, 1.82) is 0 Å². The minimum Gasteiger partial charge on any atom is -0.352 e. The number of hydrogen-bond donors (Lipinski definition) is 3. The van der Waals surface area contributed by atoms with Crippen LogP contribution in [0, 0.1) is 0 Å². The average molecular weight is 462 g/mol. The second kappa shape index (κ2) is 10.1. The van der Waals surface area contributed by atoms with Crippen LogP contribution in [-0.4, -0.2) is 32.8 Å². The van der Waals surface area contributed by atoms with Gasteiger partial charge in [0.05, 0.1) is 15.5 Å². The maximum Gasteiger partial charge on any atom is 0.252 e. The number of benzene rings is 2. The van der Waals surface area contributed by atoms with E-state index in [-0.39, 0.29) is 27.8 Å². The van der Waals surface area contributed by atoms with Crippen molar-refractivity contribution >= 4 is 45.2 Å². The third-order valence-corrected chi connectivity index (χ3v) is 6.38. The maximum atomic E-state index is 12.2. The molecule has 0 atom stereocenters. The molecule has 9 heteroatoms. The number of carbonyl (C=O) groups is 2. The second-order valence-corrected chi connectivity index (χ2v) is 9.36. The molecule has 1 fully saturated rings. The monoisotopic (exact) mass is 461 g/mol. The predicted octanol–water partition coefficient (Wildman–Crippen LogP) is 3.57. The van der Waals surface area contributed by atoms with Gasteiger partial charge in [0.25, 0.3) is 5.91 Å². The van der Waals surface area contributed by atoms with Gasteiger partial charge in [-0.15, -0.1) is 0 Å². The third kappa shape index (κ3) is 6.65. The van der Waals surface area contributed by atoms with Crippen molar-refractivity contribution < 1.29 is 18.0 Å². The summed E-state index contributed by atoms with van der Waals surface area (Å²) < 4.78 is 27.0. The molecule has 0 saturated heterocycles. The van der Waals surface area contributed by atoms with Crippen LogP contribution in [0.15, 0.2) is 53.4 Å². The maximum absolute atomic E-state index is 12.2. The van der Waals surface area contributed by atoms with Gasteiger partial charge in [-0.2, -0.15) is 0 Å². The Hall–Kier alpha value is -2.68. The summed E-state index contributed by atoms with van der Waals surface area (Å²) in [6.07, 6.45) is 5.47. The van der Waals surface area contributed by atoms with Crippen molar-refractivity contribution in [3.63, 3.8) is 0 Å². The van der Waals surface area contributed by atoms with E-state index in [0.717, 1.165) is 19.3 Å². The van der Waals surface area contributed by atoms with Crippen molar-refractivity contribution in [3.05, 3.63) is 64.7 Å². The smallest absolute Gasteiger partial charge is 0.252 e.